The molecule has 0 aliphatic heterocycles. The van der Waals surface area contributed by atoms with Crippen molar-refractivity contribution in [3.05, 3.63) is 33.9 Å². The quantitative estimate of drug-likeness (QED) is 0.614. The van der Waals surface area contributed by atoms with Crippen LogP contribution in [-0.4, -0.2) is 16.9 Å². The largest absolute Gasteiger partial charge is 0.368 e. The zero-order valence-corrected chi connectivity index (χ0v) is 8.74. The van der Waals surface area contributed by atoms with E-state index in [1.807, 2.05) is 0 Å². The summed E-state index contributed by atoms with van der Waals surface area (Å²) in [7, 11) is 0. The molecule has 0 spiro atoms. The van der Waals surface area contributed by atoms with E-state index in [2.05, 4.69) is 5.32 Å². The molecule has 0 fully saturated rings. The van der Waals surface area contributed by atoms with Crippen LogP contribution in [0.15, 0.2) is 12.1 Å². The fraction of sp³-hybridized carbons (Fsp3) is 0.222. The molecular formula is C9H9F2N3O3. The van der Waals surface area contributed by atoms with E-state index in [9.17, 15) is 23.7 Å². The van der Waals surface area contributed by atoms with E-state index in [1.165, 1.54) is 6.92 Å². The first kappa shape index (κ1) is 12.8. The first-order valence-electron chi connectivity index (χ1n) is 4.52. The Kier molecular flexibility index (Phi) is 3.56. The Bertz CT molecular complexity index is 479. The maximum Gasteiger partial charge on any atom is 0.295 e. The second kappa shape index (κ2) is 4.73. The summed E-state index contributed by atoms with van der Waals surface area (Å²) in [5, 5.41) is 12.8. The number of carbonyl (C=O) groups excluding carboxylic acids is 1. The van der Waals surface area contributed by atoms with E-state index in [0.29, 0.717) is 6.07 Å². The van der Waals surface area contributed by atoms with Crippen LogP contribution in [0.2, 0.25) is 0 Å². The van der Waals surface area contributed by atoms with Gasteiger partial charge in [0.1, 0.15) is 6.04 Å². The van der Waals surface area contributed by atoms with Crippen LogP contribution < -0.4 is 11.1 Å². The van der Waals surface area contributed by atoms with Crippen LogP contribution in [0, 0.1) is 21.7 Å². The first-order chi connectivity index (χ1) is 7.84. The fourth-order valence-corrected chi connectivity index (χ4v) is 1.12. The van der Waals surface area contributed by atoms with Crippen LogP contribution in [0.3, 0.4) is 0 Å². The number of halogens is 2. The molecule has 0 heterocycles. The molecule has 0 saturated heterocycles. The van der Waals surface area contributed by atoms with Gasteiger partial charge in [0.05, 0.1) is 4.92 Å². The zero-order chi connectivity index (χ0) is 13.2. The molecule has 8 heteroatoms. The third-order valence-corrected chi connectivity index (χ3v) is 2.06. The van der Waals surface area contributed by atoms with Gasteiger partial charge in [-0.1, -0.05) is 0 Å². The van der Waals surface area contributed by atoms with Crippen LogP contribution in [0.5, 0.6) is 0 Å². The number of nitro groups is 1. The number of nitrogens with two attached hydrogens (primary N) is 1. The molecule has 3 N–H and O–H groups in total. The van der Waals surface area contributed by atoms with E-state index in [0.717, 1.165) is 6.07 Å². The molecule has 0 aliphatic carbocycles. The molecule has 0 aromatic heterocycles. The first-order valence-corrected chi connectivity index (χ1v) is 4.52. The predicted octanol–water partition coefficient (Wildman–Crippen LogP) is 1.16. The fourth-order valence-electron chi connectivity index (χ4n) is 1.12. The molecule has 1 rings (SSSR count). The van der Waals surface area contributed by atoms with Crippen molar-refractivity contribution >= 4 is 17.3 Å². The van der Waals surface area contributed by atoms with Gasteiger partial charge in [-0.3, -0.25) is 14.9 Å². The van der Waals surface area contributed by atoms with Crippen molar-refractivity contribution in [3.63, 3.8) is 0 Å². The van der Waals surface area contributed by atoms with Crippen molar-refractivity contribution in [2.45, 2.75) is 13.0 Å². The van der Waals surface area contributed by atoms with Crippen molar-refractivity contribution in [3.8, 4) is 0 Å². The number of hydrogen-bond donors (Lipinski definition) is 2. The second-order valence-electron chi connectivity index (χ2n) is 3.28. The highest BCUT2D eigenvalue weighted by atomic mass is 19.2. The van der Waals surface area contributed by atoms with E-state index < -0.39 is 39.9 Å². The third-order valence-electron chi connectivity index (χ3n) is 2.06. The number of primary amides is 1. The predicted molar refractivity (Wildman–Crippen MR) is 55.3 cm³/mol. The summed E-state index contributed by atoms with van der Waals surface area (Å²) >= 11 is 0. The van der Waals surface area contributed by atoms with E-state index in [4.69, 9.17) is 5.73 Å². The van der Waals surface area contributed by atoms with Gasteiger partial charge in [0.2, 0.25) is 5.91 Å². The van der Waals surface area contributed by atoms with Gasteiger partial charge in [0, 0.05) is 6.07 Å². The average molecular weight is 245 g/mol. The molecule has 1 amide bonds. The van der Waals surface area contributed by atoms with Crippen molar-refractivity contribution in [2.75, 3.05) is 5.32 Å². The van der Waals surface area contributed by atoms with Crippen molar-refractivity contribution in [2.24, 2.45) is 5.73 Å². The van der Waals surface area contributed by atoms with Gasteiger partial charge in [-0.05, 0) is 13.0 Å². The average Bonchev–Trinajstić information content (AvgIpc) is 2.24. The summed E-state index contributed by atoms with van der Waals surface area (Å²) in [6.45, 7) is 1.27. The van der Waals surface area contributed by atoms with Crippen molar-refractivity contribution in [1.29, 1.82) is 0 Å². The Balaban J connectivity index is 3.23. The van der Waals surface area contributed by atoms with Gasteiger partial charge in [0.25, 0.3) is 5.69 Å². The summed E-state index contributed by atoms with van der Waals surface area (Å²) in [5.41, 5.74) is 3.55. The lowest BCUT2D eigenvalue weighted by Gasteiger charge is -2.12. The van der Waals surface area contributed by atoms with Crippen molar-refractivity contribution < 1.29 is 18.5 Å². The lowest BCUT2D eigenvalue weighted by molar-refractivity contribution is -0.384. The number of nitro benzene ring substituents is 1. The van der Waals surface area contributed by atoms with Gasteiger partial charge >= 0.3 is 0 Å². The van der Waals surface area contributed by atoms with Gasteiger partial charge in [-0.2, -0.15) is 0 Å². The monoisotopic (exact) mass is 245 g/mol. The van der Waals surface area contributed by atoms with E-state index >= 15 is 0 Å². The molecule has 1 unspecified atom stereocenters. The lowest BCUT2D eigenvalue weighted by Crippen LogP contribution is -2.33. The van der Waals surface area contributed by atoms with Crippen LogP contribution in [-0.2, 0) is 4.79 Å². The maximum atomic E-state index is 13.4. The minimum atomic E-state index is -1.42. The number of nitrogens with zero attached hydrogens (tertiary/aromatic N) is 1. The summed E-state index contributed by atoms with van der Waals surface area (Å²) < 4.78 is 26.3. The maximum absolute atomic E-state index is 13.4. The Morgan fingerprint density at radius 2 is 2.12 bits per heavy atom. The van der Waals surface area contributed by atoms with Crippen molar-refractivity contribution in [1.82, 2.24) is 0 Å². The van der Waals surface area contributed by atoms with Crippen LogP contribution in [0.4, 0.5) is 20.2 Å². The van der Waals surface area contributed by atoms with Gasteiger partial charge < -0.3 is 11.1 Å². The highest BCUT2D eigenvalue weighted by Gasteiger charge is 2.24. The third kappa shape index (κ3) is 2.65. The smallest absolute Gasteiger partial charge is 0.295 e. The Morgan fingerprint density at radius 3 is 2.59 bits per heavy atom. The van der Waals surface area contributed by atoms with Crippen LogP contribution >= 0.6 is 0 Å². The minimum Gasteiger partial charge on any atom is -0.368 e. The van der Waals surface area contributed by atoms with Crippen LogP contribution in [0.25, 0.3) is 0 Å². The highest BCUT2D eigenvalue weighted by molar-refractivity contribution is 5.83. The normalized spacial score (nSPS) is 11.9. The Labute approximate surface area is 94.6 Å². The number of carbonyl (C=O) groups is 1. The highest BCUT2D eigenvalue weighted by Crippen LogP contribution is 2.29. The number of benzene rings is 1. The number of hydrogen-bond acceptors (Lipinski definition) is 4. The molecule has 1 aromatic carbocycles. The molecule has 6 nitrogen and oxygen atoms in total. The number of rotatable bonds is 4. The molecular weight excluding hydrogens is 236 g/mol. The molecule has 1 atom stereocenters. The van der Waals surface area contributed by atoms with E-state index in [-0.39, 0.29) is 0 Å². The van der Waals surface area contributed by atoms with Gasteiger partial charge in [0.15, 0.2) is 17.3 Å². The summed E-state index contributed by atoms with van der Waals surface area (Å²) in [5.74, 6) is -3.52. The van der Waals surface area contributed by atoms with Gasteiger partial charge in [-0.15, -0.1) is 0 Å². The van der Waals surface area contributed by atoms with E-state index in [1.54, 1.807) is 0 Å². The molecule has 0 bridgehead atoms. The summed E-state index contributed by atoms with van der Waals surface area (Å²) in [6.07, 6.45) is 0. The molecule has 0 saturated carbocycles. The summed E-state index contributed by atoms with van der Waals surface area (Å²) in [4.78, 5) is 20.5. The molecule has 92 valence electrons. The SMILES string of the molecule is CC(Nc1c([N+](=O)[O-])ccc(F)c1F)C(N)=O. The Morgan fingerprint density at radius 1 is 1.53 bits per heavy atom. The molecule has 0 radical (unpaired) electrons. The number of anilines is 1. The lowest BCUT2D eigenvalue weighted by atomic mass is 10.2. The topological polar surface area (TPSA) is 98.3 Å². The Hall–Kier alpha value is -2.25. The molecule has 17 heavy (non-hydrogen) atoms. The number of nitrogens with one attached hydrogen (secondary N) is 1. The molecule has 1 aromatic rings. The molecule has 0 aliphatic rings. The minimum absolute atomic E-state index is 0.633. The van der Waals surface area contributed by atoms with Gasteiger partial charge in [-0.25, -0.2) is 8.78 Å². The van der Waals surface area contributed by atoms with Crippen LogP contribution in [0.1, 0.15) is 6.92 Å². The summed E-state index contributed by atoms with van der Waals surface area (Å²) in [6, 6.07) is 0.368. The second-order valence-corrected chi connectivity index (χ2v) is 3.28. The standard InChI is InChI=1S/C9H9F2N3O3/c1-4(9(12)15)13-8-6(14(16)17)3-2-5(10)7(8)11/h2-4,13H,1H3,(H2,12,15). The number of amides is 1. The zero-order valence-electron chi connectivity index (χ0n) is 8.74.